The van der Waals surface area contributed by atoms with Crippen molar-refractivity contribution in [3.8, 4) is 0 Å². The van der Waals surface area contributed by atoms with Gasteiger partial charge in [0.1, 0.15) is 0 Å². The number of hydrogen-bond acceptors (Lipinski definition) is 0. The average molecular weight is 651 g/mol. The van der Waals surface area contributed by atoms with Gasteiger partial charge >= 0.3 is 0 Å². The second kappa shape index (κ2) is 9.67. The van der Waals surface area contributed by atoms with E-state index in [-0.39, 0.29) is 21.7 Å². The van der Waals surface area contributed by atoms with Crippen LogP contribution in [0, 0.1) is 0 Å². The maximum atomic E-state index is 2.61. The van der Waals surface area contributed by atoms with Crippen LogP contribution in [0.25, 0.3) is 86.2 Å². The molecule has 0 spiro atoms. The minimum atomic E-state index is -0.0829. The molecule has 50 heavy (non-hydrogen) atoms. The molecule has 0 atom stereocenters. The molecule has 0 unspecified atom stereocenters. The first kappa shape index (κ1) is 31.6. The Hall–Kier alpha value is -4.42. The van der Waals surface area contributed by atoms with Gasteiger partial charge in [0, 0.05) is 0 Å². The van der Waals surface area contributed by atoms with Crippen LogP contribution in [-0.4, -0.2) is 0 Å². The van der Waals surface area contributed by atoms with Crippen LogP contribution in [-0.2, 0) is 21.7 Å². The quantitative estimate of drug-likeness (QED) is 0.143. The third kappa shape index (κ3) is 4.24. The van der Waals surface area contributed by atoms with Gasteiger partial charge < -0.3 is 0 Å². The Labute approximate surface area is 297 Å². The highest BCUT2D eigenvalue weighted by Crippen LogP contribution is 2.54. The van der Waals surface area contributed by atoms with Gasteiger partial charge in [-0.25, -0.2) is 0 Å². The molecule has 0 heterocycles. The van der Waals surface area contributed by atoms with E-state index in [9.17, 15) is 0 Å². The lowest BCUT2D eigenvalue weighted by Crippen LogP contribution is -2.17. The molecular weight excluding hydrogens is 601 g/mol. The molecule has 0 radical (unpaired) electrons. The fraction of sp³-hybridized carbons (Fsp3) is 0.320. The van der Waals surface area contributed by atoms with Gasteiger partial charge in [-0.2, -0.15) is 0 Å². The molecule has 0 amide bonds. The fourth-order valence-electron chi connectivity index (χ4n) is 9.45. The zero-order valence-electron chi connectivity index (χ0n) is 32.1. The summed E-state index contributed by atoms with van der Waals surface area (Å²) in [5.41, 5.74) is 5.68. The van der Waals surface area contributed by atoms with Gasteiger partial charge in [0.2, 0.25) is 0 Å². The van der Waals surface area contributed by atoms with Crippen molar-refractivity contribution in [1.29, 1.82) is 0 Å². The monoisotopic (exact) mass is 650 g/mol. The zero-order chi connectivity index (χ0) is 35.4. The Morgan fingerprint density at radius 2 is 0.760 bits per heavy atom. The van der Waals surface area contributed by atoms with Crippen molar-refractivity contribution in [2.24, 2.45) is 0 Å². The van der Waals surface area contributed by atoms with E-state index >= 15 is 0 Å². The smallest absolute Gasteiger partial charge is 0.00197 e. The van der Waals surface area contributed by atoms with Gasteiger partial charge in [0.15, 0.2) is 0 Å². The molecule has 0 heteroatoms. The molecule has 9 aromatic rings. The maximum absolute atomic E-state index is 2.61. The molecule has 0 aromatic heterocycles. The van der Waals surface area contributed by atoms with Crippen molar-refractivity contribution in [3.05, 3.63) is 107 Å². The summed E-state index contributed by atoms with van der Waals surface area (Å²) in [6.07, 6.45) is 0. The number of hydrogen-bond donors (Lipinski definition) is 0. The molecule has 0 aliphatic heterocycles. The third-order valence-electron chi connectivity index (χ3n) is 11.7. The van der Waals surface area contributed by atoms with E-state index in [2.05, 4.69) is 168 Å². The average Bonchev–Trinajstić information content (AvgIpc) is 3.50. The molecule has 0 fully saturated rings. The summed E-state index contributed by atoms with van der Waals surface area (Å²) < 4.78 is 0. The summed E-state index contributed by atoms with van der Waals surface area (Å²) in [4.78, 5) is 0. The number of benzene rings is 7. The molecule has 0 saturated carbocycles. The highest BCUT2D eigenvalue weighted by atomic mass is 14.4. The van der Waals surface area contributed by atoms with Gasteiger partial charge in [-0.05, 0) is 160 Å². The van der Waals surface area contributed by atoms with Gasteiger partial charge in [0.25, 0.3) is 0 Å². The summed E-state index contributed by atoms with van der Waals surface area (Å²) in [7, 11) is 0. The topological polar surface area (TPSA) is 0 Å². The molecule has 0 bridgehead atoms. The van der Waals surface area contributed by atoms with Gasteiger partial charge in [0.05, 0.1) is 0 Å². The number of rotatable bonds is 0. The minimum absolute atomic E-state index is 0.0478. The summed E-state index contributed by atoms with van der Waals surface area (Å²) >= 11 is 0. The largest absolute Gasteiger partial charge is 0.0616 e. The van der Waals surface area contributed by atoms with E-state index in [1.165, 1.54) is 108 Å². The van der Waals surface area contributed by atoms with Gasteiger partial charge in [-0.15, -0.1) is 0 Å². The molecule has 0 aliphatic carbocycles. The molecule has 250 valence electrons. The SMILES string of the molecule is CC(C)(C)c1cc2cc(C(C)(C)C)cc3c4cc5c(C(C)(C)C)c6c7cc8ccccc8c8cccc(c6c(C(C)(C)C)c5cc4c(c1)c23)c87. The van der Waals surface area contributed by atoms with Crippen LogP contribution in [0.15, 0.2) is 84.9 Å². The second-order valence-electron chi connectivity index (χ2n) is 19.5. The van der Waals surface area contributed by atoms with E-state index in [1.54, 1.807) is 0 Å². The van der Waals surface area contributed by atoms with Crippen molar-refractivity contribution < 1.29 is 0 Å². The maximum Gasteiger partial charge on any atom is -0.00197 e. The highest BCUT2D eigenvalue weighted by Gasteiger charge is 2.32. The van der Waals surface area contributed by atoms with Crippen molar-refractivity contribution in [3.63, 3.8) is 0 Å². The third-order valence-corrected chi connectivity index (χ3v) is 11.7. The first-order chi connectivity index (χ1) is 23.3. The highest BCUT2D eigenvalue weighted by molar-refractivity contribution is 6.39. The Morgan fingerprint density at radius 3 is 1.28 bits per heavy atom. The lowest BCUT2D eigenvalue weighted by Gasteiger charge is -2.30. The summed E-state index contributed by atoms with van der Waals surface area (Å²) in [6, 6.07) is 33.7. The molecule has 9 aromatic carbocycles. The minimum Gasteiger partial charge on any atom is -0.0616 e. The predicted molar refractivity (Wildman–Crippen MR) is 224 cm³/mol. The fourth-order valence-corrected chi connectivity index (χ4v) is 9.45. The Bertz CT molecular complexity index is 2860. The van der Waals surface area contributed by atoms with Gasteiger partial charge in [-0.3, -0.25) is 0 Å². The first-order valence-electron chi connectivity index (χ1n) is 18.6. The lowest BCUT2D eigenvalue weighted by molar-refractivity contribution is 0.590. The summed E-state index contributed by atoms with van der Waals surface area (Å²) in [6.45, 7) is 28.7. The zero-order valence-corrected chi connectivity index (χ0v) is 32.1. The second-order valence-corrected chi connectivity index (χ2v) is 19.5. The standard InChI is InChI=1S/C50H50/c1-47(2,3)29-20-28-21-30(48(4,5)6)24-37-35-26-39-38(25-34(35)36(23-29)41(28)37)45(49(7,8)9)43-33-19-15-18-32-31-17-14-13-16-27(31)22-40(42(32)33)44(43)46(39)50(10,11)12/h13-26H,1-12H3. The lowest BCUT2D eigenvalue weighted by atomic mass is 9.74. The van der Waals surface area contributed by atoms with Gasteiger partial charge in [-0.1, -0.05) is 138 Å². The van der Waals surface area contributed by atoms with Crippen LogP contribution in [0.3, 0.4) is 0 Å². The molecule has 0 aliphatic rings. The molecule has 9 rings (SSSR count). The van der Waals surface area contributed by atoms with Crippen LogP contribution in [0.1, 0.15) is 105 Å². The first-order valence-corrected chi connectivity index (χ1v) is 18.6. The Balaban J connectivity index is 1.60. The molecular formula is C50H50. The van der Waals surface area contributed by atoms with E-state index in [0.717, 1.165) is 0 Å². The molecule has 0 saturated heterocycles. The van der Waals surface area contributed by atoms with E-state index < -0.39 is 0 Å². The van der Waals surface area contributed by atoms with Crippen LogP contribution < -0.4 is 0 Å². The Morgan fingerprint density at radius 1 is 0.280 bits per heavy atom. The van der Waals surface area contributed by atoms with Crippen LogP contribution in [0.2, 0.25) is 0 Å². The van der Waals surface area contributed by atoms with E-state index in [4.69, 9.17) is 0 Å². The van der Waals surface area contributed by atoms with Crippen molar-refractivity contribution >= 4 is 86.2 Å². The van der Waals surface area contributed by atoms with Crippen molar-refractivity contribution in [2.45, 2.75) is 105 Å². The van der Waals surface area contributed by atoms with Crippen molar-refractivity contribution in [1.82, 2.24) is 0 Å². The predicted octanol–water partition coefficient (Wildman–Crippen LogP) is 15.0. The normalized spacial score (nSPS) is 14.0. The summed E-state index contributed by atoms with van der Waals surface area (Å²) in [5.74, 6) is 0. The van der Waals surface area contributed by atoms with Crippen LogP contribution in [0.4, 0.5) is 0 Å². The Kier molecular flexibility index (Phi) is 6.10. The molecule has 0 nitrogen and oxygen atoms in total. The van der Waals surface area contributed by atoms with Crippen LogP contribution >= 0.6 is 0 Å². The van der Waals surface area contributed by atoms with Crippen LogP contribution in [0.5, 0.6) is 0 Å². The summed E-state index contributed by atoms with van der Waals surface area (Å²) in [5, 5.41) is 22.3. The van der Waals surface area contributed by atoms with E-state index in [1.807, 2.05) is 0 Å². The van der Waals surface area contributed by atoms with Crippen molar-refractivity contribution in [2.75, 3.05) is 0 Å². The van der Waals surface area contributed by atoms with E-state index in [0.29, 0.717) is 0 Å². The number of fused-ring (bicyclic) bond motifs is 9. The molecule has 0 N–H and O–H groups in total.